The van der Waals surface area contributed by atoms with Gasteiger partial charge in [-0.15, -0.1) is 10.2 Å². The van der Waals surface area contributed by atoms with Gasteiger partial charge in [0, 0.05) is 21.2 Å². The Labute approximate surface area is 231 Å². The minimum Gasteiger partial charge on any atom is -0.486 e. The van der Waals surface area contributed by atoms with Crippen LogP contribution in [0.1, 0.15) is 27.8 Å². The van der Waals surface area contributed by atoms with Gasteiger partial charge >= 0.3 is 0 Å². The molecule has 0 unspecified atom stereocenters. The van der Waals surface area contributed by atoms with E-state index in [0.717, 1.165) is 5.69 Å². The van der Waals surface area contributed by atoms with Crippen LogP contribution in [0, 0.1) is 28.4 Å². The van der Waals surface area contributed by atoms with E-state index < -0.39 is 16.7 Å². The van der Waals surface area contributed by atoms with E-state index in [9.17, 15) is 15.4 Å². The third kappa shape index (κ3) is 6.35. The highest BCUT2D eigenvalue weighted by molar-refractivity contribution is 7.99. The zero-order chi connectivity index (χ0) is 26.5. The van der Waals surface area contributed by atoms with Gasteiger partial charge in [0.15, 0.2) is 10.9 Å². The number of nitro groups is 1. The van der Waals surface area contributed by atoms with Crippen molar-refractivity contribution in [2.45, 2.75) is 23.9 Å². The van der Waals surface area contributed by atoms with Crippen LogP contribution in [0.3, 0.4) is 0 Å². The molecule has 0 amide bonds. The molecular weight excluding hydrogens is 557 g/mol. The third-order valence-corrected chi connectivity index (χ3v) is 7.34. The molecule has 4 rings (SSSR count). The molecule has 0 saturated heterocycles. The van der Waals surface area contributed by atoms with Crippen molar-refractivity contribution in [3.63, 3.8) is 0 Å². The molecule has 4 aromatic rings. The first-order valence-electron chi connectivity index (χ1n) is 10.8. The number of aromatic nitrogens is 3. The molecule has 0 aliphatic carbocycles. The predicted molar refractivity (Wildman–Crippen MR) is 144 cm³/mol. The number of benzene rings is 3. The van der Waals surface area contributed by atoms with Crippen molar-refractivity contribution < 1.29 is 9.66 Å². The molecule has 12 heteroatoms. The Morgan fingerprint density at radius 1 is 1.11 bits per heavy atom. The number of nitrogens with zero attached hydrogens (tertiary/aromatic N) is 5. The first kappa shape index (κ1) is 26.8. The topological polar surface area (TPSA) is 107 Å². The molecular formula is C25H18Cl3N5O3S. The van der Waals surface area contributed by atoms with Crippen LogP contribution in [0.15, 0.2) is 65.8 Å². The van der Waals surface area contributed by atoms with Gasteiger partial charge in [-0.25, -0.2) is 0 Å². The Hall–Kier alpha value is -3.29. The van der Waals surface area contributed by atoms with Crippen LogP contribution in [-0.2, 0) is 6.61 Å². The van der Waals surface area contributed by atoms with Gasteiger partial charge in [0.2, 0.25) is 6.54 Å². The lowest BCUT2D eigenvalue weighted by atomic mass is 10.1. The summed E-state index contributed by atoms with van der Waals surface area (Å²) in [6, 6.07) is 19.4. The van der Waals surface area contributed by atoms with Crippen molar-refractivity contribution in [2.24, 2.45) is 0 Å². The van der Waals surface area contributed by atoms with E-state index >= 15 is 0 Å². The van der Waals surface area contributed by atoms with Gasteiger partial charge in [-0.1, -0.05) is 64.8 Å². The monoisotopic (exact) mass is 573 g/mol. The Kier molecular flexibility index (Phi) is 8.56. The number of aryl methyl sites for hydroxylation is 1. The Morgan fingerprint density at radius 3 is 2.43 bits per heavy atom. The fourth-order valence-electron chi connectivity index (χ4n) is 3.59. The summed E-state index contributed by atoms with van der Waals surface area (Å²) in [5.41, 5.74) is 2.46. The fraction of sp³-hybridized carbons (Fsp3) is 0.160. The summed E-state index contributed by atoms with van der Waals surface area (Å²) in [5, 5.41) is 30.0. The minimum absolute atomic E-state index is 0.0824. The molecule has 0 aliphatic heterocycles. The molecule has 37 heavy (non-hydrogen) atoms. The predicted octanol–water partition coefficient (Wildman–Crippen LogP) is 7.10. The van der Waals surface area contributed by atoms with Gasteiger partial charge in [-0.05, 0) is 55.0 Å². The highest BCUT2D eigenvalue weighted by atomic mass is 35.5. The molecule has 0 fully saturated rings. The Bertz CT molecular complexity index is 1460. The number of hydrogen-bond donors (Lipinski definition) is 0. The van der Waals surface area contributed by atoms with Crippen LogP contribution in [-0.4, -0.2) is 26.2 Å². The molecule has 0 bridgehead atoms. The van der Waals surface area contributed by atoms with Crippen molar-refractivity contribution in [2.75, 3.05) is 6.54 Å². The number of nitriles is 1. The lowest BCUT2D eigenvalue weighted by Crippen LogP contribution is -2.11. The summed E-state index contributed by atoms with van der Waals surface area (Å²) in [4.78, 5) is 11.1. The van der Waals surface area contributed by atoms with Gasteiger partial charge in [-0.2, -0.15) is 5.26 Å². The molecule has 0 radical (unpaired) electrons. The van der Waals surface area contributed by atoms with Crippen LogP contribution in [0.5, 0.6) is 5.75 Å². The number of halogens is 3. The number of ether oxygens (including phenoxy) is 1. The van der Waals surface area contributed by atoms with Crippen LogP contribution in [0.25, 0.3) is 5.69 Å². The summed E-state index contributed by atoms with van der Waals surface area (Å²) >= 11 is 20.2. The molecule has 3 aromatic carbocycles. The summed E-state index contributed by atoms with van der Waals surface area (Å²) in [6.45, 7) is 1.47. The van der Waals surface area contributed by atoms with Crippen molar-refractivity contribution in [3.8, 4) is 17.5 Å². The quantitative estimate of drug-likeness (QED) is 0.119. The minimum atomic E-state index is -0.673. The molecule has 0 N–H and O–H groups in total. The summed E-state index contributed by atoms with van der Waals surface area (Å²) in [6.07, 6.45) is 0. The van der Waals surface area contributed by atoms with E-state index in [1.165, 1.54) is 11.8 Å². The maximum Gasteiger partial charge on any atom is 0.220 e. The van der Waals surface area contributed by atoms with Crippen LogP contribution in [0.2, 0.25) is 15.1 Å². The Balaban J connectivity index is 1.62. The third-order valence-electron chi connectivity index (χ3n) is 5.34. The summed E-state index contributed by atoms with van der Waals surface area (Å²) < 4.78 is 7.62. The smallest absolute Gasteiger partial charge is 0.220 e. The van der Waals surface area contributed by atoms with Gasteiger partial charge in [-0.3, -0.25) is 14.7 Å². The van der Waals surface area contributed by atoms with Crippen LogP contribution >= 0.6 is 46.6 Å². The number of rotatable bonds is 9. The van der Waals surface area contributed by atoms with E-state index in [2.05, 4.69) is 16.3 Å². The van der Waals surface area contributed by atoms with Gasteiger partial charge in [0.05, 0.1) is 21.7 Å². The average molecular weight is 575 g/mol. The molecule has 0 saturated carbocycles. The van der Waals surface area contributed by atoms with Gasteiger partial charge in [0.1, 0.15) is 17.7 Å². The molecule has 0 spiro atoms. The fourth-order valence-corrected chi connectivity index (χ4v) is 5.48. The van der Waals surface area contributed by atoms with Gasteiger partial charge in [0.25, 0.3) is 0 Å². The molecule has 1 aromatic heterocycles. The second-order valence-electron chi connectivity index (χ2n) is 7.83. The first-order chi connectivity index (χ1) is 17.8. The van der Waals surface area contributed by atoms with Crippen LogP contribution < -0.4 is 4.74 Å². The van der Waals surface area contributed by atoms with E-state index in [1.54, 1.807) is 60.0 Å². The van der Waals surface area contributed by atoms with E-state index in [0.29, 0.717) is 32.7 Å². The zero-order valence-corrected chi connectivity index (χ0v) is 22.4. The average Bonchev–Trinajstić information content (AvgIpc) is 3.23. The zero-order valence-electron chi connectivity index (χ0n) is 19.3. The van der Waals surface area contributed by atoms with Crippen LogP contribution in [0.4, 0.5) is 0 Å². The first-order valence-corrected chi connectivity index (χ1v) is 12.8. The standard InChI is InChI=1S/C25H18Cl3N5O3S/c1-15-30-31-25(33(15)20-8-6-19(26)7-9-20)37-23(13-32(34)35)18-10-21(27)24(22(28)11-18)36-14-17-5-3-2-4-16(17)12-29/h2-11,23H,13-14H2,1H3/t23-/m1/s1. The molecule has 8 nitrogen and oxygen atoms in total. The summed E-state index contributed by atoms with van der Waals surface area (Å²) in [7, 11) is 0. The highest BCUT2D eigenvalue weighted by Gasteiger charge is 2.26. The second-order valence-corrected chi connectivity index (χ2v) is 10.3. The van der Waals surface area contributed by atoms with Crippen molar-refractivity contribution in [1.29, 1.82) is 5.26 Å². The SMILES string of the molecule is Cc1nnc(S[C@H](C[N+](=O)[O-])c2cc(Cl)c(OCc3ccccc3C#N)c(Cl)c2)n1-c1ccc(Cl)cc1. The molecule has 1 atom stereocenters. The lowest BCUT2D eigenvalue weighted by molar-refractivity contribution is -0.479. The maximum atomic E-state index is 11.5. The van der Waals surface area contributed by atoms with Gasteiger partial charge < -0.3 is 4.74 Å². The lowest BCUT2D eigenvalue weighted by Gasteiger charge is -2.17. The van der Waals surface area contributed by atoms with Crippen molar-refractivity contribution in [3.05, 3.63) is 108 Å². The van der Waals surface area contributed by atoms with E-state index in [-0.39, 0.29) is 22.4 Å². The molecule has 0 aliphatic rings. The Morgan fingerprint density at radius 2 is 1.78 bits per heavy atom. The maximum absolute atomic E-state index is 11.5. The van der Waals surface area contributed by atoms with Crippen molar-refractivity contribution >= 4 is 46.6 Å². The summed E-state index contributed by atoms with van der Waals surface area (Å²) in [5.74, 6) is 0.840. The molecule has 1 heterocycles. The number of hydrogen-bond acceptors (Lipinski definition) is 7. The van der Waals surface area contributed by atoms with Crippen molar-refractivity contribution in [1.82, 2.24) is 14.8 Å². The molecule has 188 valence electrons. The number of thioether (sulfide) groups is 1. The second kappa shape index (κ2) is 11.8. The van der Waals surface area contributed by atoms with E-state index in [4.69, 9.17) is 39.5 Å². The highest BCUT2D eigenvalue weighted by Crippen LogP contribution is 2.42. The normalized spacial score (nSPS) is 11.6. The van der Waals surface area contributed by atoms with E-state index in [1.807, 2.05) is 12.1 Å². The largest absolute Gasteiger partial charge is 0.486 e.